The van der Waals surface area contributed by atoms with Crippen molar-refractivity contribution in [3.05, 3.63) is 39.4 Å². The fourth-order valence-corrected chi connectivity index (χ4v) is 3.44. The Balaban J connectivity index is 2.10. The van der Waals surface area contributed by atoms with Crippen LogP contribution in [0.2, 0.25) is 0 Å². The van der Waals surface area contributed by atoms with Crippen molar-refractivity contribution in [1.29, 1.82) is 0 Å². The zero-order chi connectivity index (χ0) is 21.7. The third-order valence-corrected chi connectivity index (χ3v) is 5.47. The van der Waals surface area contributed by atoms with Crippen LogP contribution in [0.1, 0.15) is 60.7 Å². The number of nitro benzene ring substituents is 1. The average molecular weight is 406 g/mol. The van der Waals surface area contributed by atoms with Gasteiger partial charge in [0.2, 0.25) is 0 Å². The summed E-state index contributed by atoms with van der Waals surface area (Å²) in [6.07, 6.45) is 1.92. The largest absolute Gasteiger partial charge is 0.465 e. The predicted octanol–water partition coefficient (Wildman–Crippen LogP) is 2.87. The normalized spacial score (nSPS) is 22.3. The van der Waals surface area contributed by atoms with Gasteiger partial charge in [-0.25, -0.2) is 9.59 Å². The van der Waals surface area contributed by atoms with Crippen molar-refractivity contribution in [2.75, 3.05) is 7.11 Å². The Morgan fingerprint density at radius 2 is 1.76 bits per heavy atom. The van der Waals surface area contributed by atoms with Gasteiger partial charge in [0.05, 0.1) is 23.2 Å². The molecule has 1 aromatic carbocycles. The topological polar surface area (TPSA) is 125 Å². The molecule has 0 aromatic heterocycles. The van der Waals surface area contributed by atoms with Crippen LogP contribution in [-0.2, 0) is 14.3 Å². The van der Waals surface area contributed by atoms with Crippen molar-refractivity contribution in [1.82, 2.24) is 5.32 Å². The zero-order valence-corrected chi connectivity index (χ0v) is 17.0. The van der Waals surface area contributed by atoms with Gasteiger partial charge in [0, 0.05) is 18.2 Å². The Morgan fingerprint density at radius 1 is 1.14 bits per heavy atom. The lowest BCUT2D eigenvalue weighted by molar-refractivity contribution is -0.384. The smallest absolute Gasteiger partial charge is 0.339 e. The van der Waals surface area contributed by atoms with Crippen molar-refractivity contribution in [2.45, 2.75) is 52.2 Å². The van der Waals surface area contributed by atoms with Crippen molar-refractivity contribution < 1.29 is 28.8 Å². The van der Waals surface area contributed by atoms with Crippen LogP contribution in [0.4, 0.5) is 5.69 Å². The van der Waals surface area contributed by atoms with Gasteiger partial charge in [-0.05, 0) is 31.2 Å². The first-order valence-corrected chi connectivity index (χ1v) is 9.53. The number of methoxy groups -OCH3 is 1. The maximum absolute atomic E-state index is 12.5. The minimum Gasteiger partial charge on any atom is -0.465 e. The van der Waals surface area contributed by atoms with E-state index in [1.165, 1.54) is 6.92 Å². The quantitative estimate of drug-likeness (QED) is 0.437. The van der Waals surface area contributed by atoms with Crippen molar-refractivity contribution in [3.8, 4) is 0 Å². The second kappa shape index (κ2) is 9.49. The Morgan fingerprint density at radius 3 is 2.34 bits per heavy atom. The summed E-state index contributed by atoms with van der Waals surface area (Å²) in [5.41, 5.74) is -0.823. The lowest BCUT2D eigenvalue weighted by Crippen LogP contribution is -2.47. The molecule has 1 aliphatic carbocycles. The molecule has 1 fully saturated rings. The summed E-state index contributed by atoms with van der Waals surface area (Å²) in [6.45, 7) is 5.67. The van der Waals surface area contributed by atoms with E-state index in [0.717, 1.165) is 44.6 Å². The molecule has 9 nitrogen and oxygen atoms in total. The van der Waals surface area contributed by atoms with Crippen LogP contribution in [0.25, 0.3) is 0 Å². The molecular formula is C20H26N2O7. The highest BCUT2D eigenvalue weighted by molar-refractivity contribution is 5.97. The lowest BCUT2D eigenvalue weighted by atomic mass is 9.78. The molecule has 1 saturated carbocycles. The Hall–Kier alpha value is -2.97. The number of nitro groups is 1. The number of carbonyl (C=O) groups excluding carboxylic acids is 3. The summed E-state index contributed by atoms with van der Waals surface area (Å²) in [6, 6.07) is 3.14. The van der Waals surface area contributed by atoms with Crippen molar-refractivity contribution in [2.24, 2.45) is 11.8 Å². The van der Waals surface area contributed by atoms with E-state index in [1.54, 1.807) is 0 Å². The summed E-state index contributed by atoms with van der Waals surface area (Å²) in [7, 11) is 1.12. The van der Waals surface area contributed by atoms with E-state index < -0.39 is 34.6 Å². The molecule has 0 radical (unpaired) electrons. The van der Waals surface area contributed by atoms with E-state index in [-0.39, 0.29) is 17.2 Å². The SMILES string of the molecule is COC(=O)c1cc(C(=O)OC(C)C(=O)NC2CCCC(C)C2C)cc([N+](=O)[O-])c1. The van der Waals surface area contributed by atoms with E-state index in [4.69, 9.17) is 4.74 Å². The summed E-state index contributed by atoms with van der Waals surface area (Å²) in [5, 5.41) is 14.0. The Kier molecular flexibility index (Phi) is 7.30. The molecule has 4 unspecified atom stereocenters. The first-order chi connectivity index (χ1) is 13.6. The average Bonchev–Trinajstić information content (AvgIpc) is 2.70. The summed E-state index contributed by atoms with van der Waals surface area (Å²) in [4.78, 5) is 47.0. The van der Waals surface area contributed by atoms with E-state index in [2.05, 4.69) is 23.9 Å². The molecule has 1 aliphatic rings. The van der Waals surface area contributed by atoms with Crippen LogP contribution in [0, 0.1) is 22.0 Å². The van der Waals surface area contributed by atoms with Crippen LogP contribution >= 0.6 is 0 Å². The molecule has 1 N–H and O–H groups in total. The van der Waals surface area contributed by atoms with Crippen molar-refractivity contribution >= 4 is 23.5 Å². The second-order valence-corrected chi connectivity index (χ2v) is 7.45. The number of hydrogen-bond donors (Lipinski definition) is 1. The van der Waals surface area contributed by atoms with Gasteiger partial charge < -0.3 is 14.8 Å². The number of rotatable bonds is 6. The molecular weight excluding hydrogens is 380 g/mol. The highest BCUT2D eigenvalue weighted by Crippen LogP contribution is 2.29. The summed E-state index contributed by atoms with van der Waals surface area (Å²) in [5.74, 6) is -1.38. The highest BCUT2D eigenvalue weighted by atomic mass is 16.6. The minimum absolute atomic E-state index is 0.0103. The van der Waals surface area contributed by atoms with E-state index >= 15 is 0 Å². The maximum Gasteiger partial charge on any atom is 0.339 e. The fourth-order valence-electron chi connectivity index (χ4n) is 3.44. The minimum atomic E-state index is -1.09. The molecule has 1 aromatic rings. The number of amides is 1. The maximum atomic E-state index is 12.5. The first-order valence-electron chi connectivity index (χ1n) is 9.53. The van der Waals surface area contributed by atoms with Crippen LogP contribution in [-0.4, -0.2) is 42.0 Å². The molecule has 1 amide bonds. The molecule has 4 atom stereocenters. The van der Waals surface area contributed by atoms with Gasteiger partial charge in [0.1, 0.15) is 0 Å². The number of esters is 2. The number of nitrogens with zero attached hydrogens (tertiary/aromatic N) is 1. The number of benzene rings is 1. The van der Waals surface area contributed by atoms with Gasteiger partial charge in [-0.15, -0.1) is 0 Å². The van der Waals surface area contributed by atoms with Gasteiger partial charge >= 0.3 is 11.9 Å². The van der Waals surface area contributed by atoms with Gasteiger partial charge in [-0.2, -0.15) is 0 Å². The number of nitrogens with one attached hydrogen (secondary N) is 1. The second-order valence-electron chi connectivity index (χ2n) is 7.45. The van der Waals surface area contributed by atoms with Gasteiger partial charge in [-0.3, -0.25) is 14.9 Å². The monoisotopic (exact) mass is 406 g/mol. The molecule has 158 valence electrons. The molecule has 0 saturated heterocycles. The number of non-ortho nitro benzene ring substituents is 1. The van der Waals surface area contributed by atoms with Crippen molar-refractivity contribution in [3.63, 3.8) is 0 Å². The van der Waals surface area contributed by atoms with Gasteiger partial charge in [-0.1, -0.05) is 26.7 Å². The molecule has 0 heterocycles. The molecule has 0 aliphatic heterocycles. The van der Waals surface area contributed by atoms with E-state index in [0.29, 0.717) is 11.8 Å². The highest BCUT2D eigenvalue weighted by Gasteiger charge is 2.30. The molecule has 9 heteroatoms. The molecule has 0 bridgehead atoms. The van der Waals surface area contributed by atoms with Crippen LogP contribution in [0.3, 0.4) is 0 Å². The van der Waals surface area contributed by atoms with Crippen LogP contribution in [0.15, 0.2) is 18.2 Å². The predicted molar refractivity (Wildman–Crippen MR) is 103 cm³/mol. The number of carbonyl (C=O) groups is 3. The van der Waals surface area contributed by atoms with Crippen LogP contribution < -0.4 is 5.32 Å². The van der Waals surface area contributed by atoms with E-state index in [1.807, 2.05) is 0 Å². The molecule has 29 heavy (non-hydrogen) atoms. The van der Waals surface area contributed by atoms with Crippen LogP contribution in [0.5, 0.6) is 0 Å². The standard InChI is InChI=1S/C20H26N2O7/c1-11-6-5-7-17(12(11)2)21-18(23)13(3)29-20(25)15-8-14(19(24)28-4)9-16(10-15)22(26)27/h8-13,17H,5-7H2,1-4H3,(H,21,23). The summed E-state index contributed by atoms with van der Waals surface area (Å²) < 4.78 is 9.73. The summed E-state index contributed by atoms with van der Waals surface area (Å²) >= 11 is 0. The Labute approximate surface area is 168 Å². The Bertz CT molecular complexity index is 808. The third kappa shape index (κ3) is 5.52. The molecule has 2 rings (SSSR count). The molecule has 0 spiro atoms. The third-order valence-electron chi connectivity index (χ3n) is 5.47. The van der Waals surface area contributed by atoms with E-state index in [9.17, 15) is 24.5 Å². The van der Waals surface area contributed by atoms with Gasteiger partial charge in [0.25, 0.3) is 11.6 Å². The first kappa shape index (κ1) is 22.3. The fraction of sp³-hybridized carbons (Fsp3) is 0.550. The van der Waals surface area contributed by atoms with Gasteiger partial charge in [0.15, 0.2) is 6.10 Å². The zero-order valence-electron chi connectivity index (χ0n) is 17.0. The number of ether oxygens (including phenoxy) is 2. The number of hydrogen-bond acceptors (Lipinski definition) is 7. The lowest BCUT2D eigenvalue weighted by Gasteiger charge is -2.35.